The minimum absolute atomic E-state index is 0.196. The van der Waals surface area contributed by atoms with Crippen LogP contribution in [0.15, 0.2) is 12.2 Å². The van der Waals surface area contributed by atoms with Gasteiger partial charge in [0.05, 0.1) is 5.60 Å². The van der Waals surface area contributed by atoms with Gasteiger partial charge < -0.3 is 9.53 Å². The lowest BCUT2D eigenvalue weighted by Gasteiger charge is -2.24. The van der Waals surface area contributed by atoms with E-state index in [-0.39, 0.29) is 5.60 Å². The lowest BCUT2D eigenvalue weighted by atomic mass is 9.97. The standard InChI is InChI=1S/C12H22O2/c1-4-5-6-9-12(2,14-3)10-7-8-11-13/h7,10-11H,4-6,8-9H2,1-3H3. The fourth-order valence-electron chi connectivity index (χ4n) is 1.35. The van der Waals surface area contributed by atoms with Crippen molar-refractivity contribution < 1.29 is 9.53 Å². The van der Waals surface area contributed by atoms with E-state index < -0.39 is 0 Å². The number of hydrogen-bond acceptors (Lipinski definition) is 2. The number of hydrogen-bond donors (Lipinski definition) is 0. The Kier molecular flexibility index (Phi) is 7.40. The third-order valence-electron chi connectivity index (χ3n) is 2.45. The summed E-state index contributed by atoms with van der Waals surface area (Å²) < 4.78 is 5.43. The monoisotopic (exact) mass is 198 g/mol. The van der Waals surface area contributed by atoms with Gasteiger partial charge in [-0.1, -0.05) is 38.3 Å². The van der Waals surface area contributed by atoms with E-state index in [4.69, 9.17) is 4.74 Å². The summed E-state index contributed by atoms with van der Waals surface area (Å²) in [5, 5.41) is 0. The summed E-state index contributed by atoms with van der Waals surface area (Å²) in [5.74, 6) is 0. The molecule has 2 heteroatoms. The van der Waals surface area contributed by atoms with Crippen molar-refractivity contribution in [2.24, 2.45) is 0 Å². The second-order valence-corrected chi connectivity index (χ2v) is 3.78. The molecule has 0 rings (SSSR count). The highest BCUT2D eigenvalue weighted by atomic mass is 16.5. The van der Waals surface area contributed by atoms with Crippen molar-refractivity contribution in [3.63, 3.8) is 0 Å². The average molecular weight is 198 g/mol. The fraction of sp³-hybridized carbons (Fsp3) is 0.750. The predicted octanol–water partition coefficient (Wildman–Crippen LogP) is 3.12. The molecule has 0 N–H and O–H groups in total. The zero-order chi connectivity index (χ0) is 10.9. The van der Waals surface area contributed by atoms with E-state index in [0.717, 1.165) is 12.7 Å². The number of allylic oxidation sites excluding steroid dienone is 1. The maximum absolute atomic E-state index is 10.1. The topological polar surface area (TPSA) is 26.3 Å². The molecule has 0 aromatic carbocycles. The highest BCUT2D eigenvalue weighted by Crippen LogP contribution is 2.20. The van der Waals surface area contributed by atoms with Crippen molar-refractivity contribution in [2.75, 3.05) is 7.11 Å². The van der Waals surface area contributed by atoms with Crippen LogP contribution in [0.25, 0.3) is 0 Å². The van der Waals surface area contributed by atoms with Gasteiger partial charge in [-0.25, -0.2) is 0 Å². The van der Waals surface area contributed by atoms with Crippen LogP contribution < -0.4 is 0 Å². The molecule has 0 aromatic heterocycles. The quantitative estimate of drug-likeness (QED) is 0.340. The van der Waals surface area contributed by atoms with Crippen LogP contribution in [0, 0.1) is 0 Å². The number of rotatable bonds is 8. The first-order valence-electron chi connectivity index (χ1n) is 5.35. The van der Waals surface area contributed by atoms with Gasteiger partial charge in [-0.15, -0.1) is 0 Å². The van der Waals surface area contributed by atoms with Crippen LogP contribution >= 0.6 is 0 Å². The predicted molar refractivity (Wildman–Crippen MR) is 59.4 cm³/mol. The van der Waals surface area contributed by atoms with Gasteiger partial charge in [-0.05, 0) is 13.3 Å². The molecule has 0 aliphatic rings. The van der Waals surface area contributed by atoms with Crippen LogP contribution in [0.5, 0.6) is 0 Å². The molecule has 14 heavy (non-hydrogen) atoms. The SMILES string of the molecule is CCCCCC(C)(C=CCC=O)OC. The highest BCUT2D eigenvalue weighted by Gasteiger charge is 2.18. The summed E-state index contributed by atoms with van der Waals surface area (Å²) in [6, 6.07) is 0. The van der Waals surface area contributed by atoms with Gasteiger partial charge in [-0.3, -0.25) is 0 Å². The molecule has 0 heterocycles. The van der Waals surface area contributed by atoms with Crippen molar-refractivity contribution in [3.05, 3.63) is 12.2 Å². The van der Waals surface area contributed by atoms with Crippen LogP contribution in [-0.2, 0) is 9.53 Å². The number of carbonyl (C=O) groups is 1. The van der Waals surface area contributed by atoms with E-state index in [9.17, 15) is 4.79 Å². The second-order valence-electron chi connectivity index (χ2n) is 3.78. The van der Waals surface area contributed by atoms with Crippen LogP contribution in [0.3, 0.4) is 0 Å². The van der Waals surface area contributed by atoms with Gasteiger partial charge in [0.1, 0.15) is 6.29 Å². The van der Waals surface area contributed by atoms with E-state index in [1.54, 1.807) is 7.11 Å². The molecule has 0 fully saturated rings. The van der Waals surface area contributed by atoms with E-state index >= 15 is 0 Å². The first-order valence-corrected chi connectivity index (χ1v) is 5.35. The largest absolute Gasteiger partial charge is 0.374 e. The summed E-state index contributed by atoms with van der Waals surface area (Å²) in [6.07, 6.45) is 9.90. The van der Waals surface area contributed by atoms with Crippen molar-refractivity contribution >= 4 is 6.29 Å². The van der Waals surface area contributed by atoms with Gasteiger partial charge in [0.2, 0.25) is 0 Å². The summed E-state index contributed by atoms with van der Waals surface area (Å²) >= 11 is 0. The molecule has 0 bridgehead atoms. The Morgan fingerprint density at radius 3 is 2.57 bits per heavy atom. The number of ether oxygens (including phenoxy) is 1. The molecular weight excluding hydrogens is 176 g/mol. The molecule has 0 aliphatic heterocycles. The maximum atomic E-state index is 10.1. The van der Waals surface area contributed by atoms with E-state index in [2.05, 4.69) is 13.8 Å². The second kappa shape index (κ2) is 7.74. The van der Waals surface area contributed by atoms with Crippen LogP contribution in [0.2, 0.25) is 0 Å². The van der Waals surface area contributed by atoms with Crippen molar-refractivity contribution in [3.8, 4) is 0 Å². The molecule has 0 aliphatic carbocycles. The Balaban J connectivity index is 3.96. The number of unbranched alkanes of at least 4 members (excludes halogenated alkanes) is 2. The third kappa shape index (κ3) is 5.92. The van der Waals surface area contributed by atoms with E-state index in [1.807, 2.05) is 12.2 Å². The fourth-order valence-corrected chi connectivity index (χ4v) is 1.35. The zero-order valence-corrected chi connectivity index (χ0v) is 9.58. The van der Waals surface area contributed by atoms with Gasteiger partial charge >= 0.3 is 0 Å². The number of aldehydes is 1. The molecule has 1 unspecified atom stereocenters. The molecule has 0 saturated heterocycles. The van der Waals surface area contributed by atoms with Crippen molar-refractivity contribution in [2.45, 2.75) is 51.6 Å². The summed E-state index contributed by atoms with van der Waals surface area (Å²) in [6.45, 7) is 4.25. The maximum Gasteiger partial charge on any atom is 0.123 e. The van der Waals surface area contributed by atoms with Gasteiger partial charge in [-0.2, -0.15) is 0 Å². The minimum atomic E-state index is -0.196. The van der Waals surface area contributed by atoms with Gasteiger partial charge in [0, 0.05) is 13.5 Å². The summed E-state index contributed by atoms with van der Waals surface area (Å²) in [5.41, 5.74) is -0.196. The number of methoxy groups -OCH3 is 1. The molecule has 0 spiro atoms. The highest BCUT2D eigenvalue weighted by molar-refractivity contribution is 5.51. The van der Waals surface area contributed by atoms with Gasteiger partial charge in [0.15, 0.2) is 0 Å². The molecule has 0 amide bonds. The van der Waals surface area contributed by atoms with Crippen molar-refractivity contribution in [1.29, 1.82) is 0 Å². The molecule has 2 nitrogen and oxygen atoms in total. The van der Waals surface area contributed by atoms with Crippen LogP contribution in [0.1, 0.15) is 46.0 Å². The molecule has 0 aromatic rings. The lowest BCUT2D eigenvalue weighted by molar-refractivity contribution is -0.107. The van der Waals surface area contributed by atoms with Gasteiger partial charge in [0.25, 0.3) is 0 Å². The molecular formula is C12H22O2. The van der Waals surface area contributed by atoms with E-state index in [1.165, 1.54) is 19.3 Å². The van der Waals surface area contributed by atoms with Crippen molar-refractivity contribution in [1.82, 2.24) is 0 Å². The first kappa shape index (κ1) is 13.4. The molecule has 82 valence electrons. The third-order valence-corrected chi connectivity index (χ3v) is 2.45. The smallest absolute Gasteiger partial charge is 0.123 e. The normalized spacial score (nSPS) is 15.6. The molecule has 0 saturated carbocycles. The molecule has 0 radical (unpaired) electrons. The Morgan fingerprint density at radius 1 is 1.36 bits per heavy atom. The Morgan fingerprint density at radius 2 is 2.07 bits per heavy atom. The average Bonchev–Trinajstić information content (AvgIpc) is 2.19. The summed E-state index contributed by atoms with van der Waals surface area (Å²) in [7, 11) is 1.72. The zero-order valence-electron chi connectivity index (χ0n) is 9.58. The Labute approximate surface area is 87.3 Å². The lowest BCUT2D eigenvalue weighted by Crippen LogP contribution is -2.24. The summed E-state index contributed by atoms with van der Waals surface area (Å²) in [4.78, 5) is 10.1. The Bertz CT molecular complexity index is 175. The van der Waals surface area contributed by atoms with E-state index in [0.29, 0.717) is 6.42 Å². The number of carbonyl (C=O) groups excluding carboxylic acids is 1. The van der Waals surface area contributed by atoms with Crippen LogP contribution in [-0.4, -0.2) is 19.0 Å². The van der Waals surface area contributed by atoms with Crippen LogP contribution in [0.4, 0.5) is 0 Å². The minimum Gasteiger partial charge on any atom is -0.374 e. The first-order chi connectivity index (χ1) is 6.68. The Hall–Kier alpha value is -0.630. The molecule has 1 atom stereocenters.